The largest absolute Gasteiger partial charge is 0.0616 e. The number of ether oxygens (including phenoxy) is 3. The van der Waals surface area contributed by atoms with Crippen LogP contribution in [0.1, 0.15) is 108 Å². The number of hydrogen-bond donors (Lipinski definition) is 5. The molecule has 8 atom stereocenters. The number of nitrogens with zero attached hydrogens (tertiary/aromatic N) is 3. The van der Waals surface area contributed by atoms with Gasteiger partial charge < -0.3 is 39.7 Å². The van der Waals surface area contributed by atoms with Crippen LogP contribution in [0.5, 0.6) is 0 Å². The number of aliphatic carboxylic acids is 1. The van der Waals surface area contributed by atoms with Crippen LogP contribution in [0.25, 0.3) is 10.8 Å². The summed E-state index contributed by atoms with van der Waals surface area (Å²) >= 11 is 0. The normalized spacial score (nSPS) is 24.5. The molecule has 1 saturated heterocycles. The van der Waals surface area contributed by atoms with Gasteiger partial charge in [0.1, 0.15) is 23.6 Å². The summed E-state index contributed by atoms with van der Waals surface area (Å²) in [6.07, 6.45) is 6.05. The molecule has 476 valence electrons. The molecule has 9 rings (SSSR count). The van der Waals surface area contributed by atoms with E-state index in [2.05, 4.69) is 77.6 Å². The van der Waals surface area contributed by atoms with Gasteiger partial charge in [-0.05, 0) is 110 Å². The SMILES string of the molecule is CC(=O)O.C[C@H]1C[C@@H]2[C@H]([C@@H](O)C[C@@]3(C)[C@H]2CC[C@]3(O)C(=O)COC(=O)CCCCCCC(=O)N(C)CCS(=O)(=O)O)[C@@]2(C)C=CC(=O)C=C12.O=C(OCCN1CCOCC1)c1cccnc1Nc1cccc(C(F)(F)F)c1.[NaH].c1ccc2ccccc2c1. The average Bonchev–Trinajstić information content (AvgIpc) is 1.83. The molecule has 0 radical (unpaired) electrons. The Balaban J connectivity index is 0.000000275. The molecule has 2 heterocycles. The molecule has 5 N–H and O–H groups in total. The van der Waals surface area contributed by atoms with E-state index in [9.17, 15) is 55.8 Å². The molecule has 3 aromatic carbocycles. The van der Waals surface area contributed by atoms with Crippen LogP contribution in [0.3, 0.4) is 0 Å². The molecular weight excluding hydrogens is 1180 g/mol. The number of alkyl halides is 3. The number of fused-ring (bicyclic) bond motifs is 6. The maximum absolute atomic E-state index is 13.5. The van der Waals surface area contributed by atoms with Gasteiger partial charge in [-0.2, -0.15) is 21.6 Å². The van der Waals surface area contributed by atoms with E-state index >= 15 is 0 Å². The zero-order valence-electron chi connectivity index (χ0n) is 49.9. The van der Waals surface area contributed by atoms with Crippen LogP contribution >= 0.6 is 0 Å². The molecule has 4 aromatic rings. The number of aromatic nitrogens is 1. The number of benzene rings is 3. The van der Waals surface area contributed by atoms with Crippen LogP contribution in [0.2, 0.25) is 0 Å². The maximum Gasteiger partial charge on any atom is -0.0184 e. The number of morpholine rings is 1. The molecule has 1 aromatic heterocycles. The smallest absolute Gasteiger partial charge is 0.0184 e. The number of nitrogens with one attached hydrogen (secondary N) is 1. The van der Waals surface area contributed by atoms with Crippen molar-refractivity contribution in [2.75, 3.05) is 70.7 Å². The molecular formula is C64H82F3N4NaO15S. The van der Waals surface area contributed by atoms with Crippen molar-refractivity contribution in [3.63, 3.8) is 0 Å². The van der Waals surface area contributed by atoms with Crippen molar-refractivity contribution < 1.29 is 84.4 Å². The number of anilines is 2. The third-order valence-electron chi connectivity index (χ3n) is 17.3. The molecule has 0 unspecified atom stereocenters. The summed E-state index contributed by atoms with van der Waals surface area (Å²) in [5.41, 5.74) is -2.47. The summed E-state index contributed by atoms with van der Waals surface area (Å²) in [6.45, 7) is 10.2. The number of unbranched alkanes of at least 4 members (excludes halogenated alkanes) is 3. The number of amides is 1. The van der Waals surface area contributed by atoms with E-state index < -0.39 is 80.4 Å². The summed E-state index contributed by atoms with van der Waals surface area (Å²) in [4.78, 5) is 79.0. The number of rotatable bonds is 19. The van der Waals surface area contributed by atoms with Gasteiger partial charge in [0.05, 0.1) is 30.6 Å². The minimum atomic E-state index is -4.46. The second kappa shape index (κ2) is 32.7. The number of allylic oxidation sites excluding steroid dienone is 4. The first-order valence-corrected chi connectivity index (χ1v) is 30.9. The molecule has 4 aliphatic carbocycles. The Morgan fingerprint density at radius 2 is 1.53 bits per heavy atom. The molecule has 24 heteroatoms. The van der Waals surface area contributed by atoms with E-state index in [1.165, 1.54) is 47.1 Å². The van der Waals surface area contributed by atoms with E-state index in [0.717, 1.165) is 44.1 Å². The first-order valence-electron chi connectivity index (χ1n) is 29.3. The third kappa shape index (κ3) is 19.8. The zero-order valence-corrected chi connectivity index (χ0v) is 50.7. The minimum Gasteiger partial charge on any atom is -0.0616 e. The van der Waals surface area contributed by atoms with Gasteiger partial charge in [0.2, 0.25) is 11.7 Å². The number of carboxylic acids is 1. The van der Waals surface area contributed by atoms with Crippen LogP contribution in [0.4, 0.5) is 24.7 Å². The van der Waals surface area contributed by atoms with Gasteiger partial charge in [-0.15, -0.1) is 0 Å². The van der Waals surface area contributed by atoms with E-state index in [4.69, 9.17) is 28.7 Å². The molecule has 4 fully saturated rings. The number of carboxylic acid groups (broad SMARTS) is 1. The van der Waals surface area contributed by atoms with Gasteiger partial charge in [0.15, 0.2) is 12.4 Å². The van der Waals surface area contributed by atoms with Gasteiger partial charge in [-0.25, -0.2) is 9.78 Å². The van der Waals surface area contributed by atoms with Crippen LogP contribution < -0.4 is 5.32 Å². The fraction of sp³-hybridized carbons (Fsp3) is 0.516. The molecule has 0 spiro atoms. The van der Waals surface area contributed by atoms with Crippen molar-refractivity contribution in [2.24, 2.45) is 34.5 Å². The van der Waals surface area contributed by atoms with Gasteiger partial charge >= 0.3 is 47.7 Å². The van der Waals surface area contributed by atoms with E-state index in [0.29, 0.717) is 51.9 Å². The molecule has 1 aliphatic heterocycles. The standard InChI is InChI=1S/C33H49NO10S.C19H20F3N3O3.C10H8.C2H4O2.Na.H/c1-21-17-23-24-12-14-33(40,32(24,3)19-26(36)30(23)31(2)13-11-22(35)18-25(21)31)27(37)20-44-29(39)10-8-6-5-7-9-28(38)34(4)15-16-45(41,42)43;20-19(21,22)14-3-1-4-15(13-14)24-17-16(5-2-6-23-17)18(26)28-12-9-25-7-10-27-11-8-25;1-2-6-10-8-4-3-7-9(10)5-1;1-2(3)4;;/h11,13,18,21,23-24,26,30,36,40H,5-10,12,14-17,19-20H2,1-4H3,(H,41,42,43);1-6,13H,7-12H2,(H,23,24);1-8H;1H3,(H,3,4);;/t21-,23-,24-,26-,30+,31-,32-,33-;;;;;/m0...../s1. The average molecular weight is 1260 g/mol. The predicted octanol–water partition coefficient (Wildman–Crippen LogP) is 8.66. The van der Waals surface area contributed by atoms with E-state index in [1.807, 2.05) is 13.0 Å². The number of aliphatic hydroxyl groups excluding tert-OH is 1. The number of esters is 2. The monoisotopic (exact) mass is 1260 g/mol. The topological polar surface area (TPSA) is 277 Å². The molecule has 0 bridgehead atoms. The zero-order chi connectivity index (χ0) is 63.7. The first-order chi connectivity index (χ1) is 41.1. The quantitative estimate of drug-likeness (QED) is 0.0254. The number of aliphatic hydroxyl groups is 2. The molecule has 5 aliphatic rings. The maximum atomic E-state index is 13.5. The number of hydrogen-bond acceptors (Lipinski definition) is 16. The number of pyridine rings is 1. The molecule has 19 nitrogen and oxygen atoms in total. The second-order valence-corrected chi connectivity index (χ2v) is 24.9. The number of carbonyl (C=O) groups is 6. The first kappa shape index (κ1) is 72.9. The summed E-state index contributed by atoms with van der Waals surface area (Å²) < 4.78 is 85.0. The van der Waals surface area contributed by atoms with Crippen LogP contribution in [0, 0.1) is 34.5 Å². The van der Waals surface area contributed by atoms with Crippen molar-refractivity contribution in [2.45, 2.75) is 110 Å². The molecule has 88 heavy (non-hydrogen) atoms. The predicted molar refractivity (Wildman–Crippen MR) is 326 cm³/mol. The number of ketones is 2. The van der Waals surface area contributed by atoms with Gasteiger partial charge in [-0.1, -0.05) is 99.9 Å². The van der Waals surface area contributed by atoms with Gasteiger partial charge in [-0.3, -0.25) is 33.4 Å². The van der Waals surface area contributed by atoms with Crippen LogP contribution in [-0.2, 0) is 54.5 Å². The van der Waals surface area contributed by atoms with Gasteiger partial charge in [0.25, 0.3) is 16.1 Å². The fourth-order valence-corrected chi connectivity index (χ4v) is 13.4. The fourth-order valence-electron chi connectivity index (χ4n) is 12.9. The van der Waals surface area contributed by atoms with Crippen molar-refractivity contribution in [3.05, 3.63) is 126 Å². The van der Waals surface area contributed by atoms with Crippen molar-refractivity contribution in [3.8, 4) is 0 Å². The summed E-state index contributed by atoms with van der Waals surface area (Å²) in [6, 6.07) is 24.5. The number of Topliss-reactive ketones (excluding diaryl/α,β-unsaturated/α-hetero) is 1. The van der Waals surface area contributed by atoms with Crippen LogP contribution in [0.15, 0.2) is 115 Å². The Bertz CT molecular complexity index is 3170. The van der Waals surface area contributed by atoms with Gasteiger partial charge in [0, 0.05) is 81.6 Å². The molecule has 3 saturated carbocycles. The Morgan fingerprint density at radius 1 is 0.909 bits per heavy atom. The van der Waals surface area contributed by atoms with Crippen molar-refractivity contribution in [1.29, 1.82) is 0 Å². The summed E-state index contributed by atoms with van der Waals surface area (Å²) in [5, 5.41) is 36.2. The van der Waals surface area contributed by atoms with Crippen molar-refractivity contribution >= 4 is 97.3 Å². The minimum absolute atomic E-state index is 0. The third-order valence-corrected chi connectivity index (χ3v) is 18.0. The number of halogens is 3. The Labute approximate surface area is 534 Å². The summed E-state index contributed by atoms with van der Waals surface area (Å²) in [7, 11) is -2.66. The van der Waals surface area contributed by atoms with E-state index in [-0.39, 0.29) is 121 Å². The van der Waals surface area contributed by atoms with Crippen LogP contribution in [-0.4, -0.2) is 185 Å². The Hall–Kier alpha value is -5.89. The Morgan fingerprint density at radius 3 is 2.15 bits per heavy atom. The Kier molecular flexibility index (Phi) is 27.1. The number of carbonyl (C=O) groups excluding carboxylic acids is 5. The van der Waals surface area contributed by atoms with Crippen molar-refractivity contribution in [1.82, 2.24) is 14.8 Å². The second-order valence-electron chi connectivity index (χ2n) is 23.3. The molecule has 1 amide bonds. The summed E-state index contributed by atoms with van der Waals surface area (Å²) in [5.74, 6) is -3.08. The van der Waals surface area contributed by atoms with E-state index in [1.54, 1.807) is 18.2 Å².